The number of amides is 1. The zero-order chi connectivity index (χ0) is 22.7. The van der Waals surface area contributed by atoms with Gasteiger partial charge in [-0.25, -0.2) is 9.97 Å². The number of aryl methyl sites for hydroxylation is 3. The van der Waals surface area contributed by atoms with Gasteiger partial charge >= 0.3 is 0 Å². The van der Waals surface area contributed by atoms with Crippen molar-refractivity contribution in [3.05, 3.63) is 46.6 Å². The lowest BCUT2D eigenvalue weighted by atomic mass is 9.95. The molecule has 2 fully saturated rings. The molecular weight excluding hydrogens is 420 g/mol. The van der Waals surface area contributed by atoms with Gasteiger partial charge in [-0.3, -0.25) is 9.89 Å². The quantitative estimate of drug-likeness (QED) is 0.493. The minimum Gasteiger partial charge on any atom is -0.466 e. The van der Waals surface area contributed by atoms with Gasteiger partial charge in [0, 0.05) is 30.5 Å². The first kappa shape index (κ1) is 20.1. The largest absolute Gasteiger partial charge is 0.466 e. The number of piperidine rings is 1. The van der Waals surface area contributed by atoms with E-state index in [1.54, 1.807) is 0 Å². The van der Waals surface area contributed by atoms with Crippen LogP contribution in [0.3, 0.4) is 0 Å². The number of likely N-dealkylation sites (tertiary alicyclic amines) is 1. The molecule has 33 heavy (non-hydrogen) atoms. The lowest BCUT2D eigenvalue weighted by Gasteiger charge is -2.31. The summed E-state index contributed by atoms with van der Waals surface area (Å²) in [4.78, 5) is 24.9. The van der Waals surface area contributed by atoms with Crippen molar-refractivity contribution in [3.8, 4) is 11.3 Å². The number of fused-ring (bicyclic) bond motifs is 1. The van der Waals surface area contributed by atoms with Crippen LogP contribution in [-0.2, 0) is 0 Å². The number of carbonyl (C=O) groups excluding carboxylic acids is 1. The molecule has 1 saturated heterocycles. The zero-order valence-corrected chi connectivity index (χ0v) is 19.0. The molecule has 1 N–H and O–H groups in total. The molecule has 9 heteroatoms. The normalized spacial score (nSPS) is 17.2. The second kappa shape index (κ2) is 7.54. The predicted octanol–water partition coefficient (Wildman–Crippen LogP) is 4.42. The summed E-state index contributed by atoms with van der Waals surface area (Å²) in [5.74, 6) is 4.27. The Bertz CT molecular complexity index is 1350. The number of rotatable bonds is 4. The van der Waals surface area contributed by atoms with Gasteiger partial charge in [-0.2, -0.15) is 5.10 Å². The molecule has 1 aliphatic carbocycles. The number of nitrogens with one attached hydrogen (secondary N) is 1. The van der Waals surface area contributed by atoms with Gasteiger partial charge < -0.3 is 13.8 Å². The highest BCUT2D eigenvalue weighted by atomic mass is 16.5. The minimum absolute atomic E-state index is 0.0255. The average molecular weight is 447 g/mol. The van der Waals surface area contributed by atoms with Crippen molar-refractivity contribution >= 4 is 17.0 Å². The fourth-order valence-corrected chi connectivity index (χ4v) is 4.81. The molecule has 2 aliphatic rings. The van der Waals surface area contributed by atoms with Crippen LogP contribution in [0, 0.1) is 20.8 Å². The molecule has 0 atom stereocenters. The van der Waals surface area contributed by atoms with E-state index < -0.39 is 0 Å². The average Bonchev–Trinajstić information content (AvgIpc) is 3.27. The molecule has 0 bridgehead atoms. The van der Waals surface area contributed by atoms with Crippen LogP contribution in [-0.4, -0.2) is 49.2 Å². The summed E-state index contributed by atoms with van der Waals surface area (Å²) in [7, 11) is 0. The number of nitrogens with zero attached hydrogens (tertiary/aromatic N) is 5. The summed E-state index contributed by atoms with van der Waals surface area (Å²) >= 11 is 0. The molecular formula is C24H26N6O3. The van der Waals surface area contributed by atoms with E-state index in [0.717, 1.165) is 41.6 Å². The van der Waals surface area contributed by atoms with Crippen molar-refractivity contribution in [3.63, 3.8) is 0 Å². The number of furan rings is 1. The van der Waals surface area contributed by atoms with E-state index in [9.17, 15) is 4.79 Å². The lowest BCUT2D eigenvalue weighted by Crippen LogP contribution is -2.38. The number of pyridine rings is 1. The van der Waals surface area contributed by atoms with E-state index in [4.69, 9.17) is 13.9 Å². The molecule has 1 amide bonds. The third-order valence-corrected chi connectivity index (χ3v) is 6.80. The van der Waals surface area contributed by atoms with Gasteiger partial charge in [0.2, 0.25) is 0 Å². The van der Waals surface area contributed by atoms with Crippen LogP contribution in [0.15, 0.2) is 21.1 Å². The highest BCUT2D eigenvalue weighted by Crippen LogP contribution is 2.39. The second-order valence-corrected chi connectivity index (χ2v) is 9.25. The fraction of sp³-hybridized carbons (Fsp3) is 0.458. The molecule has 0 unspecified atom stereocenters. The third-order valence-electron chi connectivity index (χ3n) is 6.80. The number of hydrogen-bond acceptors (Lipinski definition) is 7. The zero-order valence-electron chi connectivity index (χ0n) is 19.0. The highest BCUT2D eigenvalue weighted by Gasteiger charge is 2.32. The second-order valence-electron chi connectivity index (χ2n) is 9.25. The Kier molecular flexibility index (Phi) is 4.60. The number of aromatic nitrogens is 5. The first-order valence-electron chi connectivity index (χ1n) is 11.5. The minimum atomic E-state index is -0.0255. The van der Waals surface area contributed by atoms with Crippen LogP contribution in [0.25, 0.3) is 22.4 Å². The van der Waals surface area contributed by atoms with Gasteiger partial charge in [0.25, 0.3) is 11.6 Å². The topological polar surface area (TPSA) is 114 Å². The van der Waals surface area contributed by atoms with Crippen LogP contribution in [0.4, 0.5) is 0 Å². The smallest absolute Gasteiger partial charge is 0.259 e. The Labute approximate surface area is 190 Å². The molecule has 4 aromatic rings. The first-order chi connectivity index (χ1) is 16.0. The van der Waals surface area contributed by atoms with Gasteiger partial charge in [-0.1, -0.05) is 5.16 Å². The van der Waals surface area contributed by atoms with Crippen LogP contribution < -0.4 is 0 Å². The van der Waals surface area contributed by atoms with E-state index >= 15 is 0 Å². The van der Waals surface area contributed by atoms with Gasteiger partial charge in [0.1, 0.15) is 17.3 Å². The van der Waals surface area contributed by atoms with Crippen molar-refractivity contribution in [2.45, 2.75) is 58.3 Å². The summed E-state index contributed by atoms with van der Waals surface area (Å²) in [5, 5.41) is 12.3. The molecule has 1 saturated carbocycles. The van der Waals surface area contributed by atoms with E-state index in [1.807, 2.05) is 37.8 Å². The molecule has 6 rings (SSSR count). The Hall–Kier alpha value is -3.49. The Morgan fingerprint density at radius 2 is 1.85 bits per heavy atom. The SMILES string of the molecule is Cc1cc(-c2cc(C(=O)N3CCC(c4nc(C5CC5)n[nH]4)CC3)c3c(C)noc3n2)c(C)o1. The summed E-state index contributed by atoms with van der Waals surface area (Å²) in [6.45, 7) is 6.95. The predicted molar refractivity (Wildman–Crippen MR) is 120 cm³/mol. The van der Waals surface area contributed by atoms with Crippen molar-refractivity contribution in [1.82, 2.24) is 30.2 Å². The van der Waals surface area contributed by atoms with Crippen molar-refractivity contribution in [1.29, 1.82) is 0 Å². The molecule has 0 spiro atoms. The molecule has 0 aromatic carbocycles. The van der Waals surface area contributed by atoms with Gasteiger partial charge in [-0.15, -0.1) is 0 Å². The first-order valence-corrected chi connectivity index (χ1v) is 11.5. The fourth-order valence-electron chi connectivity index (χ4n) is 4.81. The molecule has 4 aromatic heterocycles. The summed E-state index contributed by atoms with van der Waals surface area (Å²) in [5.41, 5.74) is 3.11. The van der Waals surface area contributed by atoms with E-state index in [2.05, 4.69) is 20.3 Å². The van der Waals surface area contributed by atoms with E-state index in [-0.39, 0.29) is 5.91 Å². The maximum absolute atomic E-state index is 13.7. The maximum Gasteiger partial charge on any atom is 0.259 e. The highest BCUT2D eigenvalue weighted by molar-refractivity contribution is 6.07. The third kappa shape index (κ3) is 3.51. The Morgan fingerprint density at radius 3 is 2.55 bits per heavy atom. The number of aromatic amines is 1. The number of carbonyl (C=O) groups is 1. The molecule has 170 valence electrons. The maximum atomic E-state index is 13.7. The van der Waals surface area contributed by atoms with Crippen LogP contribution in [0.1, 0.15) is 76.7 Å². The van der Waals surface area contributed by atoms with Crippen molar-refractivity contribution < 1.29 is 13.7 Å². The standard InChI is InChI=1S/C24H26N6O3/c1-12-10-17(14(3)32-12)19-11-18(20-13(2)29-33-23(20)25-19)24(31)30-8-6-16(7-9-30)22-26-21(27-28-22)15-4-5-15/h10-11,15-16H,4-9H2,1-3H3,(H,26,27,28). The number of hydrogen-bond donors (Lipinski definition) is 1. The van der Waals surface area contributed by atoms with E-state index in [0.29, 0.717) is 53.0 Å². The van der Waals surface area contributed by atoms with Crippen LogP contribution >= 0.6 is 0 Å². The van der Waals surface area contributed by atoms with Crippen LogP contribution in [0.2, 0.25) is 0 Å². The molecule has 0 radical (unpaired) electrons. The summed E-state index contributed by atoms with van der Waals surface area (Å²) in [6, 6.07) is 3.77. The van der Waals surface area contributed by atoms with Gasteiger partial charge in [0.05, 0.1) is 22.3 Å². The number of H-pyrrole nitrogens is 1. The Balaban J connectivity index is 1.27. The molecule has 9 nitrogen and oxygen atoms in total. The van der Waals surface area contributed by atoms with Gasteiger partial charge in [-0.05, 0) is 58.6 Å². The van der Waals surface area contributed by atoms with Gasteiger partial charge in [0.15, 0.2) is 5.82 Å². The molecule has 5 heterocycles. The lowest BCUT2D eigenvalue weighted by molar-refractivity contribution is 0.0713. The van der Waals surface area contributed by atoms with Crippen molar-refractivity contribution in [2.24, 2.45) is 0 Å². The monoisotopic (exact) mass is 446 g/mol. The molecule has 1 aliphatic heterocycles. The van der Waals surface area contributed by atoms with Crippen LogP contribution in [0.5, 0.6) is 0 Å². The summed E-state index contributed by atoms with van der Waals surface area (Å²) < 4.78 is 11.1. The van der Waals surface area contributed by atoms with Crippen molar-refractivity contribution in [2.75, 3.05) is 13.1 Å². The Morgan fingerprint density at radius 1 is 1.06 bits per heavy atom. The van der Waals surface area contributed by atoms with E-state index in [1.165, 1.54) is 12.8 Å². The summed E-state index contributed by atoms with van der Waals surface area (Å²) in [6.07, 6.45) is 4.09.